The highest BCUT2D eigenvalue weighted by molar-refractivity contribution is 5.91. The second kappa shape index (κ2) is 19.8. The summed E-state index contributed by atoms with van der Waals surface area (Å²) in [5, 5.41) is 8.00. The monoisotopic (exact) mass is 785 g/mol. The Labute approximate surface area is 359 Å². The Morgan fingerprint density at radius 3 is 2.03 bits per heavy atom. The smallest absolute Gasteiger partial charge is 0.0790 e. The van der Waals surface area contributed by atoms with Crippen LogP contribution in [-0.2, 0) is 6.42 Å². The minimum Gasteiger partial charge on any atom is -0.374 e. The Hall–Kier alpha value is -6.68. The Bertz CT molecular complexity index is 2630. The summed E-state index contributed by atoms with van der Waals surface area (Å²) < 4.78 is 0. The van der Waals surface area contributed by atoms with E-state index in [0.717, 1.165) is 45.8 Å². The van der Waals surface area contributed by atoms with E-state index in [2.05, 4.69) is 209 Å². The molecule has 1 atom stereocenters. The largest absolute Gasteiger partial charge is 0.374 e. The van der Waals surface area contributed by atoms with Gasteiger partial charge in [-0.2, -0.15) is 0 Å². The first kappa shape index (κ1) is 42.9. The van der Waals surface area contributed by atoms with Crippen molar-refractivity contribution in [1.29, 1.82) is 0 Å². The average Bonchev–Trinajstić information content (AvgIpc) is 3.71. The maximum absolute atomic E-state index is 4.50. The summed E-state index contributed by atoms with van der Waals surface area (Å²) in [5.74, 6) is 0. The first-order chi connectivity index (χ1) is 29.4. The van der Waals surface area contributed by atoms with Crippen LogP contribution < -0.4 is 16.4 Å². The molecule has 0 amide bonds. The van der Waals surface area contributed by atoms with Crippen molar-refractivity contribution in [2.24, 2.45) is 5.73 Å². The second-order valence-corrected chi connectivity index (χ2v) is 14.6. The van der Waals surface area contributed by atoms with Gasteiger partial charge in [-0.25, -0.2) is 0 Å². The van der Waals surface area contributed by atoms with Crippen molar-refractivity contribution in [3.63, 3.8) is 0 Å². The number of hydrogen-bond donors (Lipinski definition) is 3. The molecule has 0 spiro atoms. The third-order valence-electron chi connectivity index (χ3n) is 11.4. The van der Waals surface area contributed by atoms with Crippen molar-refractivity contribution in [2.45, 2.75) is 54.0 Å². The number of allylic oxidation sites excluding steroid dienone is 9. The molecule has 302 valence electrons. The fraction of sp³-hybridized carbons (Fsp3) is 0.158. The molecular weight excluding hydrogens is 727 g/mol. The van der Waals surface area contributed by atoms with E-state index >= 15 is 0 Å². The lowest BCUT2D eigenvalue weighted by molar-refractivity contribution is 0.703. The van der Waals surface area contributed by atoms with Crippen LogP contribution in [0.3, 0.4) is 0 Å². The number of benzene rings is 6. The van der Waals surface area contributed by atoms with Crippen LogP contribution in [0.2, 0.25) is 0 Å². The molecule has 0 saturated heterocycles. The Kier molecular flexibility index (Phi) is 14.2. The molecule has 1 aliphatic carbocycles. The van der Waals surface area contributed by atoms with Crippen LogP contribution in [0.25, 0.3) is 44.5 Å². The molecule has 0 saturated carbocycles. The fourth-order valence-corrected chi connectivity index (χ4v) is 8.51. The summed E-state index contributed by atoms with van der Waals surface area (Å²) in [6, 6.07) is 46.5. The fourth-order valence-electron chi connectivity index (χ4n) is 8.51. The first-order valence-electron chi connectivity index (χ1n) is 21.1. The zero-order valence-electron chi connectivity index (χ0n) is 36.4. The quantitative estimate of drug-likeness (QED) is 0.135. The van der Waals surface area contributed by atoms with Crippen LogP contribution in [0.5, 0.6) is 0 Å². The van der Waals surface area contributed by atoms with Crippen LogP contribution in [0.1, 0.15) is 79.6 Å². The Balaban J connectivity index is 0.00000147. The van der Waals surface area contributed by atoms with Gasteiger partial charge in [-0.3, -0.25) is 0 Å². The van der Waals surface area contributed by atoms with Gasteiger partial charge in [0.2, 0.25) is 0 Å². The predicted molar refractivity (Wildman–Crippen MR) is 262 cm³/mol. The molecule has 0 aromatic heterocycles. The molecule has 6 aromatic rings. The molecule has 60 heavy (non-hydrogen) atoms. The second-order valence-electron chi connectivity index (χ2n) is 14.6. The van der Waals surface area contributed by atoms with Gasteiger partial charge in [-0.05, 0) is 144 Å². The Morgan fingerprint density at radius 1 is 0.667 bits per heavy atom. The summed E-state index contributed by atoms with van der Waals surface area (Å²) >= 11 is 0. The molecule has 3 nitrogen and oxygen atoms in total. The third kappa shape index (κ3) is 8.41. The number of para-hydroxylation sites is 1. The van der Waals surface area contributed by atoms with E-state index < -0.39 is 0 Å². The summed E-state index contributed by atoms with van der Waals surface area (Å²) in [6.45, 7) is 20.9. The SMILES string of the molecule is C=C/C=C(\C(C)=C/C)c1cc(-c2ccc3c(c2)/C(C=C)=C(/C=C\C)NC(c2cccc4c2Cc2c(-c5ccccc5)cccc2-4)c2ccccc2N3)ccc1C.CC.CN. The van der Waals surface area contributed by atoms with Crippen molar-refractivity contribution >= 4 is 22.5 Å². The molecule has 1 aliphatic heterocycles. The number of fused-ring (bicyclic) bond motifs is 5. The van der Waals surface area contributed by atoms with Gasteiger partial charge in [-0.15, -0.1) is 0 Å². The van der Waals surface area contributed by atoms with Crippen LogP contribution in [0, 0.1) is 6.92 Å². The number of nitrogens with one attached hydrogen (secondary N) is 2. The number of hydrogen-bond acceptors (Lipinski definition) is 3. The lowest BCUT2D eigenvalue weighted by Crippen LogP contribution is -2.23. The molecule has 0 radical (unpaired) electrons. The van der Waals surface area contributed by atoms with Crippen molar-refractivity contribution in [3.8, 4) is 33.4 Å². The topological polar surface area (TPSA) is 50.1 Å². The van der Waals surface area contributed by atoms with Crippen LogP contribution in [-0.4, -0.2) is 7.05 Å². The first-order valence-corrected chi connectivity index (χ1v) is 21.1. The van der Waals surface area contributed by atoms with E-state index in [-0.39, 0.29) is 6.04 Å². The maximum atomic E-state index is 4.50. The van der Waals surface area contributed by atoms with E-state index in [4.69, 9.17) is 0 Å². The molecular formula is C57H59N3. The standard InChI is InChI=1S/C54H48N2.C2H6.CH5N/c1-7-18-41(35(5)9-3)47-32-38(29-28-36(47)6)39-30-31-53-50(33-39)40(10-4)51(19-8-2)56-54(46-22-14-15-27-52(46)55-53)45-26-17-25-44-43-24-16-23-42(48(43)34-49(44)45)37-20-12-11-13-21-37;2*1-2/h7-33,54-56H,1,4,34H2,2-3,5-6H3;1-2H3;2H2,1H3/b19-8-,35-9-,41-18+,51-40-;;. The number of rotatable bonds is 8. The van der Waals surface area contributed by atoms with Crippen molar-refractivity contribution in [3.05, 3.63) is 227 Å². The van der Waals surface area contributed by atoms with Gasteiger partial charge in [0, 0.05) is 33.8 Å². The summed E-state index contributed by atoms with van der Waals surface area (Å²) in [6.07, 6.45) is 13.3. The number of aryl methyl sites for hydroxylation is 1. The van der Waals surface area contributed by atoms with Gasteiger partial charge in [0.05, 0.1) is 6.04 Å². The maximum Gasteiger partial charge on any atom is 0.0790 e. The van der Waals surface area contributed by atoms with E-state index in [1.807, 2.05) is 26.0 Å². The van der Waals surface area contributed by atoms with E-state index in [9.17, 15) is 0 Å². The van der Waals surface area contributed by atoms with Gasteiger partial charge in [-0.1, -0.05) is 161 Å². The molecule has 0 fully saturated rings. The summed E-state index contributed by atoms with van der Waals surface area (Å²) in [7, 11) is 1.50. The zero-order chi connectivity index (χ0) is 42.8. The molecule has 0 bridgehead atoms. The van der Waals surface area contributed by atoms with Gasteiger partial charge in [0.25, 0.3) is 0 Å². The van der Waals surface area contributed by atoms with Crippen LogP contribution >= 0.6 is 0 Å². The zero-order valence-corrected chi connectivity index (χ0v) is 36.4. The van der Waals surface area contributed by atoms with E-state index in [1.54, 1.807) is 0 Å². The highest BCUT2D eigenvalue weighted by Gasteiger charge is 2.30. The predicted octanol–water partition coefficient (Wildman–Crippen LogP) is 14.9. The molecule has 1 heterocycles. The molecule has 1 unspecified atom stereocenters. The highest BCUT2D eigenvalue weighted by atomic mass is 15.0. The van der Waals surface area contributed by atoms with Crippen molar-refractivity contribution in [1.82, 2.24) is 5.32 Å². The summed E-state index contributed by atoms with van der Waals surface area (Å²) in [5.41, 5.74) is 27.3. The van der Waals surface area contributed by atoms with Crippen LogP contribution in [0.15, 0.2) is 188 Å². The third-order valence-corrected chi connectivity index (χ3v) is 11.4. The number of nitrogens with two attached hydrogens (primary N) is 1. The minimum atomic E-state index is -0.136. The van der Waals surface area contributed by atoms with Gasteiger partial charge in [0.15, 0.2) is 0 Å². The van der Waals surface area contributed by atoms with E-state index in [0.29, 0.717) is 0 Å². The van der Waals surface area contributed by atoms with Crippen molar-refractivity contribution in [2.75, 3.05) is 12.4 Å². The van der Waals surface area contributed by atoms with Crippen molar-refractivity contribution < 1.29 is 0 Å². The summed E-state index contributed by atoms with van der Waals surface area (Å²) in [4.78, 5) is 0. The minimum absolute atomic E-state index is 0.136. The Morgan fingerprint density at radius 2 is 1.32 bits per heavy atom. The van der Waals surface area contributed by atoms with Crippen LogP contribution in [0.4, 0.5) is 11.4 Å². The molecule has 4 N–H and O–H groups in total. The lowest BCUT2D eigenvalue weighted by atomic mass is 9.90. The van der Waals surface area contributed by atoms with Gasteiger partial charge < -0.3 is 16.4 Å². The van der Waals surface area contributed by atoms with Gasteiger partial charge >= 0.3 is 0 Å². The lowest BCUT2D eigenvalue weighted by Gasteiger charge is -2.26. The molecule has 6 aromatic carbocycles. The average molecular weight is 786 g/mol. The highest BCUT2D eigenvalue weighted by Crippen LogP contribution is 2.47. The van der Waals surface area contributed by atoms with Gasteiger partial charge in [0.1, 0.15) is 0 Å². The molecule has 8 rings (SSSR count). The number of anilines is 2. The molecule has 2 aliphatic rings. The normalized spacial score (nSPS) is 15.4. The molecule has 3 heteroatoms. The van der Waals surface area contributed by atoms with E-state index in [1.165, 1.54) is 73.8 Å².